The number of ether oxygens (including phenoxy) is 1. The van der Waals surface area contributed by atoms with Crippen molar-refractivity contribution in [3.63, 3.8) is 0 Å². The fourth-order valence-corrected chi connectivity index (χ4v) is 4.37. The first kappa shape index (κ1) is 19.7. The number of hydrogen-bond acceptors (Lipinski definition) is 4. The van der Waals surface area contributed by atoms with Crippen molar-refractivity contribution in [3.8, 4) is 5.75 Å². The maximum Gasteiger partial charge on any atom is 0.267 e. The van der Waals surface area contributed by atoms with E-state index in [1.165, 1.54) is 0 Å². The summed E-state index contributed by atoms with van der Waals surface area (Å²) in [5.41, 5.74) is 3.26. The molecule has 1 amide bonds. The Morgan fingerprint density at radius 2 is 1.86 bits per heavy atom. The SMILES string of the molecule is COc1ccc(CC(=O)N2CCC(Cn3nc4c(cc3=O)CCCC4)CC2)cc1. The highest BCUT2D eigenvalue weighted by atomic mass is 16.5. The number of amides is 1. The van der Waals surface area contributed by atoms with E-state index in [0.717, 1.165) is 74.2 Å². The molecule has 1 aliphatic heterocycles. The van der Waals surface area contributed by atoms with Gasteiger partial charge in [-0.05, 0) is 67.7 Å². The normalized spacial score (nSPS) is 17.1. The predicted molar refractivity (Wildman–Crippen MR) is 111 cm³/mol. The average molecular weight is 396 g/mol. The van der Waals surface area contributed by atoms with Gasteiger partial charge in [0.05, 0.1) is 19.2 Å². The molecule has 0 bridgehead atoms. The fraction of sp³-hybridized carbons (Fsp3) is 0.522. The van der Waals surface area contributed by atoms with Crippen molar-refractivity contribution in [2.45, 2.75) is 51.5 Å². The Hall–Kier alpha value is -2.63. The van der Waals surface area contributed by atoms with Gasteiger partial charge in [-0.1, -0.05) is 12.1 Å². The molecule has 1 fully saturated rings. The van der Waals surface area contributed by atoms with Crippen LogP contribution in [0.15, 0.2) is 35.1 Å². The number of benzene rings is 1. The largest absolute Gasteiger partial charge is 0.497 e. The first-order valence-corrected chi connectivity index (χ1v) is 10.6. The van der Waals surface area contributed by atoms with Crippen LogP contribution in [0.25, 0.3) is 0 Å². The highest BCUT2D eigenvalue weighted by molar-refractivity contribution is 5.78. The van der Waals surface area contributed by atoms with Crippen LogP contribution in [0.2, 0.25) is 0 Å². The summed E-state index contributed by atoms with van der Waals surface area (Å²) < 4.78 is 6.82. The Labute approximate surface area is 171 Å². The third-order valence-corrected chi connectivity index (χ3v) is 6.19. The number of hydrogen-bond donors (Lipinski definition) is 0. The van der Waals surface area contributed by atoms with E-state index < -0.39 is 0 Å². The van der Waals surface area contributed by atoms with Crippen LogP contribution in [-0.4, -0.2) is 40.8 Å². The lowest BCUT2D eigenvalue weighted by Crippen LogP contribution is -2.41. The summed E-state index contributed by atoms with van der Waals surface area (Å²) in [4.78, 5) is 27.0. The van der Waals surface area contributed by atoms with Gasteiger partial charge < -0.3 is 9.64 Å². The summed E-state index contributed by atoms with van der Waals surface area (Å²) in [6.07, 6.45) is 6.52. The van der Waals surface area contributed by atoms with Gasteiger partial charge in [0.25, 0.3) is 5.56 Å². The van der Waals surface area contributed by atoms with Gasteiger partial charge in [0.15, 0.2) is 0 Å². The van der Waals surface area contributed by atoms with Crippen LogP contribution in [-0.2, 0) is 30.6 Å². The monoisotopic (exact) mass is 395 g/mol. The molecule has 2 aliphatic rings. The molecule has 0 spiro atoms. The molecule has 0 radical (unpaired) electrons. The Morgan fingerprint density at radius 1 is 1.14 bits per heavy atom. The van der Waals surface area contributed by atoms with Crippen LogP contribution in [0.5, 0.6) is 5.75 Å². The number of methoxy groups -OCH3 is 1. The van der Waals surface area contributed by atoms with Crippen LogP contribution >= 0.6 is 0 Å². The molecule has 6 heteroatoms. The Balaban J connectivity index is 1.31. The number of fused-ring (bicyclic) bond motifs is 1. The first-order chi connectivity index (χ1) is 14.1. The van der Waals surface area contributed by atoms with E-state index in [0.29, 0.717) is 18.9 Å². The summed E-state index contributed by atoms with van der Waals surface area (Å²) >= 11 is 0. The molecule has 1 aliphatic carbocycles. The highest BCUT2D eigenvalue weighted by Gasteiger charge is 2.24. The van der Waals surface area contributed by atoms with Crippen molar-refractivity contribution < 1.29 is 9.53 Å². The smallest absolute Gasteiger partial charge is 0.267 e. The van der Waals surface area contributed by atoms with E-state index in [-0.39, 0.29) is 11.5 Å². The lowest BCUT2D eigenvalue weighted by molar-refractivity contribution is -0.131. The zero-order valence-electron chi connectivity index (χ0n) is 17.1. The minimum atomic E-state index is 0.0173. The van der Waals surface area contributed by atoms with Crippen LogP contribution in [0.4, 0.5) is 0 Å². The predicted octanol–water partition coefficient (Wildman–Crippen LogP) is 2.61. The molecule has 0 saturated carbocycles. The molecule has 0 atom stereocenters. The van der Waals surface area contributed by atoms with E-state index in [1.54, 1.807) is 17.9 Å². The molecule has 1 aromatic carbocycles. The van der Waals surface area contributed by atoms with Crippen LogP contribution in [0.1, 0.15) is 42.5 Å². The maximum absolute atomic E-state index is 12.6. The van der Waals surface area contributed by atoms with Gasteiger partial charge in [0, 0.05) is 25.7 Å². The molecule has 6 nitrogen and oxygen atoms in total. The van der Waals surface area contributed by atoms with Gasteiger partial charge >= 0.3 is 0 Å². The van der Waals surface area contributed by atoms with Crippen LogP contribution in [0.3, 0.4) is 0 Å². The Morgan fingerprint density at radius 3 is 2.59 bits per heavy atom. The molecule has 2 heterocycles. The average Bonchev–Trinajstić information content (AvgIpc) is 2.75. The second kappa shape index (κ2) is 8.80. The van der Waals surface area contributed by atoms with Crippen molar-refractivity contribution in [1.29, 1.82) is 0 Å². The highest BCUT2D eigenvalue weighted by Crippen LogP contribution is 2.21. The summed E-state index contributed by atoms with van der Waals surface area (Å²) in [6.45, 7) is 2.16. The minimum absolute atomic E-state index is 0.0173. The minimum Gasteiger partial charge on any atom is -0.497 e. The van der Waals surface area contributed by atoms with E-state index >= 15 is 0 Å². The van der Waals surface area contributed by atoms with Crippen molar-refractivity contribution >= 4 is 5.91 Å². The summed E-state index contributed by atoms with van der Waals surface area (Å²) in [6, 6.07) is 9.45. The lowest BCUT2D eigenvalue weighted by atomic mass is 9.95. The summed E-state index contributed by atoms with van der Waals surface area (Å²) in [5, 5.41) is 4.64. The molecular formula is C23H29N3O3. The van der Waals surface area contributed by atoms with Crippen molar-refractivity contribution in [1.82, 2.24) is 14.7 Å². The molecule has 0 N–H and O–H groups in total. The molecule has 1 aromatic heterocycles. The Bertz CT molecular complexity index is 912. The fourth-order valence-electron chi connectivity index (χ4n) is 4.37. The molecule has 29 heavy (non-hydrogen) atoms. The van der Waals surface area contributed by atoms with Gasteiger partial charge in [-0.3, -0.25) is 9.59 Å². The van der Waals surface area contributed by atoms with E-state index in [4.69, 9.17) is 4.74 Å². The zero-order valence-corrected chi connectivity index (χ0v) is 17.1. The van der Waals surface area contributed by atoms with Gasteiger partial charge in [-0.2, -0.15) is 5.10 Å². The Kier molecular flexibility index (Phi) is 5.97. The molecule has 154 valence electrons. The second-order valence-corrected chi connectivity index (χ2v) is 8.19. The number of aryl methyl sites for hydroxylation is 2. The summed E-state index contributed by atoms with van der Waals surface area (Å²) in [7, 11) is 1.64. The van der Waals surface area contributed by atoms with E-state index in [9.17, 15) is 9.59 Å². The van der Waals surface area contributed by atoms with Gasteiger partial charge in [0.1, 0.15) is 5.75 Å². The van der Waals surface area contributed by atoms with Crippen molar-refractivity contribution in [2.75, 3.05) is 20.2 Å². The van der Waals surface area contributed by atoms with Crippen LogP contribution < -0.4 is 10.3 Å². The standard InChI is InChI=1S/C23H29N3O3/c1-29-20-8-6-17(7-9-20)14-22(27)25-12-10-18(11-13-25)16-26-23(28)15-19-4-2-3-5-21(19)24-26/h6-9,15,18H,2-5,10-14,16H2,1H3. The lowest BCUT2D eigenvalue weighted by Gasteiger charge is -2.32. The number of carbonyl (C=O) groups is 1. The van der Waals surface area contributed by atoms with Crippen molar-refractivity contribution in [3.05, 3.63) is 57.5 Å². The van der Waals surface area contributed by atoms with Crippen LogP contribution in [0, 0.1) is 5.92 Å². The number of rotatable bonds is 5. The number of aromatic nitrogens is 2. The third kappa shape index (κ3) is 4.69. The topological polar surface area (TPSA) is 64.4 Å². The number of likely N-dealkylation sites (tertiary alicyclic amines) is 1. The quantitative estimate of drug-likeness (QED) is 0.781. The molecule has 4 rings (SSSR count). The molecular weight excluding hydrogens is 366 g/mol. The zero-order chi connectivity index (χ0) is 20.2. The maximum atomic E-state index is 12.6. The number of carbonyl (C=O) groups excluding carboxylic acids is 1. The van der Waals surface area contributed by atoms with E-state index in [2.05, 4.69) is 5.10 Å². The third-order valence-electron chi connectivity index (χ3n) is 6.19. The number of piperidine rings is 1. The van der Waals surface area contributed by atoms with Gasteiger partial charge in [-0.15, -0.1) is 0 Å². The van der Waals surface area contributed by atoms with Gasteiger partial charge in [0.2, 0.25) is 5.91 Å². The van der Waals surface area contributed by atoms with Crippen molar-refractivity contribution in [2.24, 2.45) is 5.92 Å². The number of nitrogens with zero attached hydrogens (tertiary/aromatic N) is 3. The molecule has 0 unspecified atom stereocenters. The molecule has 2 aromatic rings. The van der Waals surface area contributed by atoms with Gasteiger partial charge in [-0.25, -0.2) is 4.68 Å². The second-order valence-electron chi connectivity index (χ2n) is 8.19. The summed E-state index contributed by atoms with van der Waals surface area (Å²) in [5.74, 6) is 1.36. The molecule has 1 saturated heterocycles. The van der Waals surface area contributed by atoms with E-state index in [1.807, 2.05) is 29.2 Å². The first-order valence-electron chi connectivity index (χ1n) is 10.6.